The summed E-state index contributed by atoms with van der Waals surface area (Å²) >= 11 is 0. The van der Waals surface area contributed by atoms with Gasteiger partial charge >= 0.3 is 0 Å². The molecule has 1 aliphatic rings. The van der Waals surface area contributed by atoms with Crippen molar-refractivity contribution in [1.29, 1.82) is 0 Å². The third kappa shape index (κ3) is 2.86. The average molecular weight is 257 g/mol. The molecule has 0 atom stereocenters. The summed E-state index contributed by atoms with van der Waals surface area (Å²) in [7, 11) is -3.75. The maximum atomic E-state index is 11.7. The second-order valence-electron chi connectivity index (χ2n) is 4.30. The molecular weight excluding hydrogens is 242 g/mol. The van der Waals surface area contributed by atoms with Crippen LogP contribution in [0, 0.1) is 5.92 Å². The Morgan fingerprint density at radius 2 is 2.24 bits per heavy atom. The number of primary sulfonamides is 1. The zero-order valence-electron chi connectivity index (χ0n) is 9.27. The van der Waals surface area contributed by atoms with Crippen molar-refractivity contribution in [2.75, 3.05) is 6.54 Å². The molecular formula is C10H15N3O3S. The molecule has 0 radical (unpaired) electrons. The van der Waals surface area contributed by atoms with Gasteiger partial charge in [0.1, 0.15) is 5.69 Å². The van der Waals surface area contributed by atoms with Gasteiger partial charge in [0.15, 0.2) is 0 Å². The molecule has 0 unspecified atom stereocenters. The lowest BCUT2D eigenvalue weighted by molar-refractivity contribution is 0.0934. The second-order valence-corrected chi connectivity index (χ2v) is 5.86. The first-order chi connectivity index (χ1) is 7.97. The van der Waals surface area contributed by atoms with Crippen LogP contribution in [0.2, 0.25) is 0 Å². The number of nitrogens with one attached hydrogen (secondary N) is 2. The van der Waals surface area contributed by atoms with Gasteiger partial charge in [0.2, 0.25) is 10.0 Å². The molecule has 6 nitrogen and oxygen atoms in total. The summed E-state index contributed by atoms with van der Waals surface area (Å²) in [5.74, 6) is 0.262. The Hall–Kier alpha value is -1.34. The third-order valence-corrected chi connectivity index (χ3v) is 3.90. The Morgan fingerprint density at radius 1 is 1.53 bits per heavy atom. The third-order valence-electron chi connectivity index (χ3n) is 3.01. The molecule has 1 aromatic rings. The van der Waals surface area contributed by atoms with Gasteiger partial charge in [-0.25, -0.2) is 13.6 Å². The van der Waals surface area contributed by atoms with E-state index in [1.807, 2.05) is 0 Å². The highest BCUT2D eigenvalue weighted by Gasteiger charge is 2.19. The number of carbonyl (C=O) groups excluding carboxylic acids is 1. The molecule has 0 aromatic carbocycles. The minimum absolute atomic E-state index is 0.0775. The van der Waals surface area contributed by atoms with E-state index in [1.54, 1.807) is 0 Å². The smallest absolute Gasteiger partial charge is 0.267 e. The summed E-state index contributed by atoms with van der Waals surface area (Å²) in [6, 6.07) is 1.24. The van der Waals surface area contributed by atoms with Crippen molar-refractivity contribution in [3.63, 3.8) is 0 Å². The van der Waals surface area contributed by atoms with Gasteiger partial charge in [-0.3, -0.25) is 4.79 Å². The molecule has 1 saturated carbocycles. The summed E-state index contributed by atoms with van der Waals surface area (Å²) in [6.45, 7) is 0.641. The van der Waals surface area contributed by atoms with Gasteiger partial charge in [0.25, 0.3) is 5.91 Å². The first-order valence-corrected chi connectivity index (χ1v) is 7.01. The van der Waals surface area contributed by atoms with Crippen LogP contribution in [0.4, 0.5) is 0 Å². The number of aromatic amines is 1. The normalized spacial score (nSPS) is 16.5. The maximum Gasteiger partial charge on any atom is 0.267 e. The zero-order valence-corrected chi connectivity index (χ0v) is 10.1. The number of carbonyl (C=O) groups is 1. The van der Waals surface area contributed by atoms with Crippen LogP contribution in [0.15, 0.2) is 17.2 Å². The number of amides is 1. The molecule has 1 aromatic heterocycles. The summed E-state index contributed by atoms with van der Waals surface area (Å²) in [5, 5.41) is 7.70. The summed E-state index contributed by atoms with van der Waals surface area (Å²) < 4.78 is 22.0. The monoisotopic (exact) mass is 257 g/mol. The first-order valence-electron chi connectivity index (χ1n) is 5.46. The Bertz CT molecular complexity index is 517. The summed E-state index contributed by atoms with van der Waals surface area (Å²) in [6.07, 6.45) is 4.73. The molecule has 0 saturated heterocycles. The number of H-pyrrole nitrogens is 1. The molecule has 7 heteroatoms. The predicted octanol–water partition coefficient (Wildman–Crippen LogP) is 0.192. The Labute approximate surface area is 99.6 Å². The Morgan fingerprint density at radius 3 is 2.71 bits per heavy atom. The lowest BCUT2D eigenvalue weighted by Gasteiger charge is -2.25. The number of hydrogen-bond acceptors (Lipinski definition) is 3. The highest BCUT2D eigenvalue weighted by Crippen LogP contribution is 2.25. The van der Waals surface area contributed by atoms with Crippen LogP contribution in [0.25, 0.3) is 0 Å². The lowest BCUT2D eigenvalue weighted by Crippen LogP contribution is -2.32. The Balaban J connectivity index is 1.96. The van der Waals surface area contributed by atoms with Crippen molar-refractivity contribution in [2.45, 2.75) is 24.2 Å². The van der Waals surface area contributed by atoms with Gasteiger partial charge in [0, 0.05) is 12.7 Å². The predicted molar refractivity (Wildman–Crippen MR) is 61.8 cm³/mol. The van der Waals surface area contributed by atoms with Crippen LogP contribution in [-0.2, 0) is 10.0 Å². The van der Waals surface area contributed by atoms with E-state index in [1.165, 1.54) is 18.7 Å². The molecule has 94 valence electrons. The van der Waals surface area contributed by atoms with Crippen molar-refractivity contribution in [3.05, 3.63) is 18.0 Å². The van der Waals surface area contributed by atoms with E-state index in [2.05, 4.69) is 10.3 Å². The second kappa shape index (κ2) is 4.50. The number of rotatable bonds is 4. The standard InChI is InChI=1S/C10H15N3O3S/c11-17(15,16)8-4-9(12-6-8)10(14)13-5-7-2-1-3-7/h4,6-7,12H,1-3,5H2,(H,13,14)(H2,11,15,16). The van der Waals surface area contributed by atoms with Gasteiger partial charge in [-0.2, -0.15) is 0 Å². The number of hydrogen-bond donors (Lipinski definition) is 3. The van der Waals surface area contributed by atoms with Crippen LogP contribution >= 0.6 is 0 Å². The fourth-order valence-corrected chi connectivity index (χ4v) is 2.20. The minimum Gasteiger partial charge on any atom is -0.356 e. The van der Waals surface area contributed by atoms with Gasteiger partial charge in [-0.15, -0.1) is 0 Å². The minimum atomic E-state index is -3.75. The highest BCUT2D eigenvalue weighted by atomic mass is 32.2. The fraction of sp³-hybridized carbons (Fsp3) is 0.500. The number of sulfonamides is 1. The molecule has 2 rings (SSSR count). The quantitative estimate of drug-likeness (QED) is 0.717. The summed E-state index contributed by atoms with van der Waals surface area (Å²) in [5.41, 5.74) is 0.216. The van der Waals surface area contributed by atoms with E-state index >= 15 is 0 Å². The van der Waals surface area contributed by atoms with Crippen molar-refractivity contribution in [1.82, 2.24) is 10.3 Å². The van der Waals surface area contributed by atoms with Crippen molar-refractivity contribution >= 4 is 15.9 Å². The van der Waals surface area contributed by atoms with Gasteiger partial charge in [-0.1, -0.05) is 6.42 Å². The summed E-state index contributed by atoms with van der Waals surface area (Å²) in [4.78, 5) is 14.2. The van der Waals surface area contributed by atoms with Crippen LogP contribution in [0.3, 0.4) is 0 Å². The van der Waals surface area contributed by atoms with E-state index in [4.69, 9.17) is 5.14 Å². The number of nitrogens with two attached hydrogens (primary N) is 1. The van der Waals surface area contributed by atoms with Crippen molar-refractivity contribution in [3.8, 4) is 0 Å². The van der Waals surface area contributed by atoms with E-state index in [9.17, 15) is 13.2 Å². The molecule has 1 fully saturated rings. The molecule has 17 heavy (non-hydrogen) atoms. The largest absolute Gasteiger partial charge is 0.356 e. The van der Waals surface area contributed by atoms with Crippen LogP contribution in [0.5, 0.6) is 0 Å². The average Bonchev–Trinajstić information content (AvgIpc) is 2.62. The topological polar surface area (TPSA) is 105 Å². The molecule has 1 heterocycles. The highest BCUT2D eigenvalue weighted by molar-refractivity contribution is 7.89. The van der Waals surface area contributed by atoms with Crippen molar-refractivity contribution < 1.29 is 13.2 Å². The van der Waals surface area contributed by atoms with E-state index < -0.39 is 10.0 Å². The van der Waals surface area contributed by atoms with Crippen LogP contribution in [0.1, 0.15) is 29.8 Å². The maximum absolute atomic E-state index is 11.7. The fourth-order valence-electron chi connectivity index (χ4n) is 1.70. The van der Waals surface area contributed by atoms with Crippen molar-refractivity contribution in [2.24, 2.45) is 11.1 Å². The van der Waals surface area contributed by atoms with E-state index in [-0.39, 0.29) is 16.5 Å². The van der Waals surface area contributed by atoms with Gasteiger partial charge < -0.3 is 10.3 Å². The zero-order chi connectivity index (χ0) is 12.5. The van der Waals surface area contributed by atoms with E-state index in [0.717, 1.165) is 12.8 Å². The van der Waals surface area contributed by atoms with Gasteiger partial charge in [-0.05, 0) is 24.8 Å². The SMILES string of the molecule is NS(=O)(=O)c1c[nH]c(C(=O)NCC2CCC2)c1. The van der Waals surface area contributed by atoms with Crippen LogP contribution in [-0.4, -0.2) is 25.9 Å². The molecule has 1 aliphatic carbocycles. The molecule has 0 bridgehead atoms. The number of aromatic nitrogens is 1. The first kappa shape index (κ1) is 12.1. The van der Waals surface area contributed by atoms with Crippen LogP contribution < -0.4 is 10.5 Å². The Kier molecular flexibility index (Phi) is 3.21. The molecule has 4 N–H and O–H groups in total. The lowest BCUT2D eigenvalue weighted by atomic mass is 9.85. The molecule has 0 aliphatic heterocycles. The molecule has 1 amide bonds. The molecule has 0 spiro atoms. The van der Waals surface area contributed by atoms with Gasteiger partial charge in [0.05, 0.1) is 4.90 Å². The van der Waals surface area contributed by atoms with E-state index in [0.29, 0.717) is 12.5 Å².